The molecule has 1 heterocycles. The number of fused-ring (bicyclic) bond motifs is 1. The number of carbonyl (C=O) groups is 1. The van der Waals surface area contributed by atoms with Crippen LogP contribution in [0, 0.1) is 11.7 Å². The van der Waals surface area contributed by atoms with E-state index in [0.717, 1.165) is 36.0 Å². The van der Waals surface area contributed by atoms with Crippen LogP contribution in [0.3, 0.4) is 0 Å². The van der Waals surface area contributed by atoms with E-state index in [9.17, 15) is 9.18 Å². The minimum absolute atomic E-state index is 0.159. The van der Waals surface area contributed by atoms with E-state index in [0.29, 0.717) is 12.2 Å². The van der Waals surface area contributed by atoms with Crippen molar-refractivity contribution >= 4 is 17.7 Å². The number of rotatable bonds is 6. The van der Waals surface area contributed by atoms with E-state index in [4.69, 9.17) is 4.74 Å². The van der Waals surface area contributed by atoms with Crippen LogP contribution >= 0.6 is 0 Å². The number of halogens is 1. The summed E-state index contributed by atoms with van der Waals surface area (Å²) in [6.07, 6.45) is 5.49. The molecule has 1 aliphatic heterocycles. The summed E-state index contributed by atoms with van der Waals surface area (Å²) in [7, 11) is 0. The Labute approximate surface area is 165 Å². The summed E-state index contributed by atoms with van der Waals surface area (Å²) < 4.78 is 19.5. The van der Waals surface area contributed by atoms with Gasteiger partial charge in [-0.1, -0.05) is 24.3 Å². The van der Waals surface area contributed by atoms with E-state index in [2.05, 4.69) is 16.3 Å². The van der Waals surface area contributed by atoms with Crippen molar-refractivity contribution in [1.29, 1.82) is 0 Å². The maximum Gasteiger partial charge on any atom is 0.244 e. The highest BCUT2D eigenvalue weighted by Gasteiger charge is 2.27. The molecule has 5 heteroatoms. The number of ether oxygens (including phenoxy) is 1. The van der Waals surface area contributed by atoms with Gasteiger partial charge in [0.1, 0.15) is 18.2 Å². The van der Waals surface area contributed by atoms with Crippen LogP contribution in [0.4, 0.5) is 10.1 Å². The van der Waals surface area contributed by atoms with Gasteiger partial charge < -0.3 is 15.0 Å². The lowest BCUT2D eigenvalue weighted by Crippen LogP contribution is -2.34. The summed E-state index contributed by atoms with van der Waals surface area (Å²) >= 11 is 0. The fourth-order valence-corrected chi connectivity index (χ4v) is 3.48. The van der Waals surface area contributed by atoms with Gasteiger partial charge in [0.05, 0.1) is 18.3 Å². The molecule has 0 aromatic heterocycles. The molecule has 4 nitrogen and oxygen atoms in total. The summed E-state index contributed by atoms with van der Waals surface area (Å²) in [4.78, 5) is 14.7. The molecule has 2 aromatic carbocycles. The van der Waals surface area contributed by atoms with Crippen LogP contribution in [0.1, 0.15) is 36.9 Å². The van der Waals surface area contributed by atoms with Crippen molar-refractivity contribution < 1.29 is 13.9 Å². The van der Waals surface area contributed by atoms with Crippen molar-refractivity contribution in [1.82, 2.24) is 5.32 Å². The lowest BCUT2D eigenvalue weighted by atomic mass is 10.1. The van der Waals surface area contributed by atoms with Gasteiger partial charge in [0.2, 0.25) is 5.91 Å². The van der Waals surface area contributed by atoms with Gasteiger partial charge in [0.25, 0.3) is 0 Å². The van der Waals surface area contributed by atoms with Crippen molar-refractivity contribution in [3.8, 4) is 5.75 Å². The number of nitrogens with zero attached hydrogens (tertiary/aromatic N) is 1. The highest BCUT2D eigenvalue weighted by molar-refractivity contribution is 5.92. The molecule has 0 unspecified atom stereocenters. The highest BCUT2D eigenvalue weighted by Crippen LogP contribution is 2.38. The number of hydrogen-bond acceptors (Lipinski definition) is 3. The highest BCUT2D eigenvalue weighted by atomic mass is 19.1. The van der Waals surface area contributed by atoms with Crippen LogP contribution in [-0.2, 0) is 4.79 Å². The SMILES string of the molecule is C[C@H](NC(=O)C=Cc1ccccc1F)c1ccc2c(c1)N(CC1CC1)CCO2. The number of nitrogens with one attached hydrogen (secondary N) is 1. The third kappa shape index (κ3) is 4.35. The molecule has 146 valence electrons. The topological polar surface area (TPSA) is 41.6 Å². The Bertz CT molecular complexity index is 892. The smallest absolute Gasteiger partial charge is 0.244 e. The molecule has 2 aromatic rings. The summed E-state index contributed by atoms with van der Waals surface area (Å²) in [5.41, 5.74) is 2.53. The lowest BCUT2D eigenvalue weighted by Gasteiger charge is -2.32. The van der Waals surface area contributed by atoms with Gasteiger partial charge in [0, 0.05) is 18.2 Å². The first kappa shape index (κ1) is 18.5. The molecule has 0 radical (unpaired) electrons. The fourth-order valence-electron chi connectivity index (χ4n) is 3.48. The van der Waals surface area contributed by atoms with Crippen LogP contribution in [-0.4, -0.2) is 25.6 Å². The minimum Gasteiger partial charge on any atom is -0.490 e. The van der Waals surface area contributed by atoms with E-state index in [-0.39, 0.29) is 17.8 Å². The van der Waals surface area contributed by atoms with Gasteiger partial charge in [-0.05, 0) is 55.5 Å². The molecule has 1 N–H and O–H groups in total. The second-order valence-corrected chi connectivity index (χ2v) is 7.55. The number of carbonyl (C=O) groups excluding carboxylic acids is 1. The Morgan fingerprint density at radius 1 is 1.32 bits per heavy atom. The Kier molecular flexibility index (Phi) is 5.33. The quantitative estimate of drug-likeness (QED) is 0.759. The van der Waals surface area contributed by atoms with Gasteiger partial charge in [-0.2, -0.15) is 0 Å². The molecule has 0 spiro atoms. The third-order valence-corrected chi connectivity index (χ3v) is 5.30. The predicted molar refractivity (Wildman–Crippen MR) is 109 cm³/mol. The van der Waals surface area contributed by atoms with E-state index >= 15 is 0 Å². The van der Waals surface area contributed by atoms with Gasteiger partial charge in [-0.15, -0.1) is 0 Å². The second-order valence-electron chi connectivity index (χ2n) is 7.55. The molecule has 0 saturated heterocycles. The Morgan fingerprint density at radius 3 is 2.93 bits per heavy atom. The molecule has 1 amide bonds. The molecule has 1 fully saturated rings. The van der Waals surface area contributed by atoms with E-state index in [1.54, 1.807) is 18.2 Å². The average molecular weight is 380 g/mol. The van der Waals surface area contributed by atoms with Crippen LogP contribution in [0.25, 0.3) is 6.08 Å². The van der Waals surface area contributed by atoms with Gasteiger partial charge in [0.15, 0.2) is 0 Å². The lowest BCUT2D eigenvalue weighted by molar-refractivity contribution is -0.117. The summed E-state index contributed by atoms with van der Waals surface area (Å²) in [6, 6.07) is 12.3. The normalized spacial score (nSPS) is 17.1. The van der Waals surface area contributed by atoms with Crippen LogP contribution in [0.2, 0.25) is 0 Å². The zero-order valence-electron chi connectivity index (χ0n) is 16.0. The molecule has 0 bridgehead atoms. The first-order valence-corrected chi connectivity index (χ1v) is 9.85. The van der Waals surface area contributed by atoms with Crippen molar-refractivity contribution in [2.75, 3.05) is 24.6 Å². The minimum atomic E-state index is -0.343. The van der Waals surface area contributed by atoms with Crippen molar-refractivity contribution in [3.05, 3.63) is 65.5 Å². The molecular formula is C23H25FN2O2. The fraction of sp³-hybridized carbons (Fsp3) is 0.348. The Balaban J connectivity index is 1.43. The summed E-state index contributed by atoms with van der Waals surface area (Å²) in [5, 5.41) is 2.95. The first-order chi connectivity index (χ1) is 13.6. The zero-order chi connectivity index (χ0) is 19.5. The van der Waals surface area contributed by atoms with Gasteiger partial charge in [-0.3, -0.25) is 4.79 Å². The Hall–Kier alpha value is -2.82. The summed E-state index contributed by atoms with van der Waals surface area (Å²) in [5.74, 6) is 1.12. The van der Waals surface area contributed by atoms with Crippen LogP contribution < -0.4 is 15.0 Å². The maximum atomic E-state index is 13.7. The van der Waals surface area contributed by atoms with E-state index < -0.39 is 0 Å². The molecule has 28 heavy (non-hydrogen) atoms. The monoisotopic (exact) mass is 380 g/mol. The average Bonchev–Trinajstić information content (AvgIpc) is 3.51. The van der Waals surface area contributed by atoms with Crippen LogP contribution in [0.5, 0.6) is 5.75 Å². The maximum absolute atomic E-state index is 13.7. The zero-order valence-corrected chi connectivity index (χ0v) is 16.0. The molecule has 1 saturated carbocycles. The number of hydrogen-bond donors (Lipinski definition) is 1. The van der Waals surface area contributed by atoms with Crippen LogP contribution in [0.15, 0.2) is 48.5 Å². The Morgan fingerprint density at radius 2 is 2.14 bits per heavy atom. The molecule has 1 atom stereocenters. The van der Waals surface area contributed by atoms with Crippen molar-refractivity contribution in [2.45, 2.75) is 25.8 Å². The van der Waals surface area contributed by atoms with Crippen molar-refractivity contribution in [3.63, 3.8) is 0 Å². The van der Waals surface area contributed by atoms with Crippen molar-refractivity contribution in [2.24, 2.45) is 5.92 Å². The predicted octanol–water partition coefficient (Wildman–Crippen LogP) is 4.33. The van der Waals surface area contributed by atoms with Gasteiger partial charge in [-0.25, -0.2) is 4.39 Å². The summed E-state index contributed by atoms with van der Waals surface area (Å²) in [6.45, 7) is 4.64. The van der Waals surface area contributed by atoms with E-state index in [1.165, 1.54) is 31.1 Å². The number of anilines is 1. The largest absolute Gasteiger partial charge is 0.490 e. The molecule has 2 aliphatic rings. The van der Waals surface area contributed by atoms with E-state index in [1.807, 2.05) is 19.1 Å². The van der Waals surface area contributed by atoms with Gasteiger partial charge >= 0.3 is 0 Å². The molecule has 1 aliphatic carbocycles. The molecular weight excluding hydrogens is 355 g/mol. The molecule has 4 rings (SSSR count). The third-order valence-electron chi connectivity index (χ3n) is 5.30. The number of benzene rings is 2. The number of amides is 1. The second kappa shape index (κ2) is 8.05. The standard InChI is InChI=1S/C23H25FN2O2/c1-16(25-23(27)11-9-18-4-2-3-5-20(18)24)19-8-10-22-21(14-19)26(12-13-28-22)15-17-6-7-17/h2-5,8-11,14,16-17H,6-7,12-13,15H2,1H3,(H,25,27)/t16-/m0/s1. The first-order valence-electron chi connectivity index (χ1n) is 9.85.